The quantitative estimate of drug-likeness (QED) is 0.799. The van der Waals surface area contributed by atoms with Gasteiger partial charge < -0.3 is 15.2 Å². The standard InChI is InChI=1S/C16H19ClN2O5/c1-8(2)13(14(20)19-16(18)22)24-15(21)10-5-9-6-11(17)3-4-12(9)23-7-10/h3-4,6,8,10,13H,5,7H2,1-2H3,(H3,18,19,20,22)/t10-,13-/m0/s1. The van der Waals surface area contributed by atoms with Gasteiger partial charge in [-0.05, 0) is 36.1 Å². The molecule has 2 atom stereocenters. The fraction of sp³-hybridized carbons (Fsp3) is 0.438. The summed E-state index contributed by atoms with van der Waals surface area (Å²) in [5.74, 6) is -1.52. The Labute approximate surface area is 144 Å². The molecule has 2 rings (SSSR count). The lowest BCUT2D eigenvalue weighted by molar-refractivity contribution is -0.163. The Morgan fingerprint density at radius 1 is 1.38 bits per heavy atom. The highest BCUT2D eigenvalue weighted by molar-refractivity contribution is 6.30. The summed E-state index contributed by atoms with van der Waals surface area (Å²) in [6.45, 7) is 3.55. The average Bonchev–Trinajstić information content (AvgIpc) is 2.50. The molecule has 0 saturated heterocycles. The molecule has 130 valence electrons. The summed E-state index contributed by atoms with van der Waals surface area (Å²) in [5.41, 5.74) is 5.73. The van der Waals surface area contributed by atoms with E-state index in [-0.39, 0.29) is 12.5 Å². The van der Waals surface area contributed by atoms with E-state index in [0.717, 1.165) is 5.56 Å². The van der Waals surface area contributed by atoms with Crippen LogP contribution in [0.4, 0.5) is 4.79 Å². The molecule has 3 amide bonds. The van der Waals surface area contributed by atoms with Gasteiger partial charge in [0.1, 0.15) is 12.4 Å². The van der Waals surface area contributed by atoms with Gasteiger partial charge in [0.2, 0.25) is 0 Å². The number of hydrogen-bond acceptors (Lipinski definition) is 5. The summed E-state index contributed by atoms with van der Waals surface area (Å²) < 4.78 is 10.8. The van der Waals surface area contributed by atoms with Gasteiger partial charge >= 0.3 is 12.0 Å². The smallest absolute Gasteiger partial charge is 0.318 e. The van der Waals surface area contributed by atoms with E-state index < -0.39 is 29.9 Å². The maximum atomic E-state index is 12.4. The Hall–Kier alpha value is -2.28. The fourth-order valence-electron chi connectivity index (χ4n) is 2.42. The van der Waals surface area contributed by atoms with E-state index in [9.17, 15) is 14.4 Å². The van der Waals surface area contributed by atoms with E-state index in [1.54, 1.807) is 32.0 Å². The van der Waals surface area contributed by atoms with E-state index in [2.05, 4.69) is 0 Å². The van der Waals surface area contributed by atoms with Gasteiger partial charge in [-0.15, -0.1) is 0 Å². The van der Waals surface area contributed by atoms with Gasteiger partial charge in [0.05, 0.1) is 5.92 Å². The number of esters is 1. The lowest BCUT2D eigenvalue weighted by Gasteiger charge is -2.27. The van der Waals surface area contributed by atoms with Gasteiger partial charge in [0.25, 0.3) is 5.91 Å². The van der Waals surface area contributed by atoms with Crippen molar-refractivity contribution in [3.63, 3.8) is 0 Å². The third-order valence-electron chi connectivity index (χ3n) is 3.62. The number of carbonyl (C=O) groups is 3. The number of hydrogen-bond donors (Lipinski definition) is 2. The Bertz CT molecular complexity index is 662. The molecule has 0 unspecified atom stereocenters. The summed E-state index contributed by atoms with van der Waals surface area (Å²) in [7, 11) is 0. The Morgan fingerprint density at radius 2 is 2.08 bits per heavy atom. The molecular weight excluding hydrogens is 336 g/mol. The van der Waals surface area contributed by atoms with Crippen LogP contribution >= 0.6 is 11.6 Å². The molecule has 1 aromatic carbocycles. The zero-order valence-electron chi connectivity index (χ0n) is 13.4. The summed E-state index contributed by atoms with van der Waals surface area (Å²) in [5, 5.41) is 2.48. The van der Waals surface area contributed by atoms with E-state index in [4.69, 9.17) is 26.8 Å². The van der Waals surface area contributed by atoms with Gasteiger partial charge in [-0.1, -0.05) is 25.4 Å². The molecule has 0 fully saturated rings. The average molecular weight is 355 g/mol. The van der Waals surface area contributed by atoms with E-state index >= 15 is 0 Å². The monoisotopic (exact) mass is 354 g/mol. The lowest BCUT2D eigenvalue weighted by Crippen LogP contribution is -2.46. The van der Waals surface area contributed by atoms with Crippen LogP contribution in [0.3, 0.4) is 0 Å². The molecule has 0 aromatic heterocycles. The largest absolute Gasteiger partial charge is 0.492 e. The van der Waals surface area contributed by atoms with Gasteiger partial charge in [-0.25, -0.2) is 4.79 Å². The van der Waals surface area contributed by atoms with Crippen LogP contribution in [0.1, 0.15) is 19.4 Å². The Balaban J connectivity index is 2.05. The van der Waals surface area contributed by atoms with Crippen molar-refractivity contribution in [2.45, 2.75) is 26.4 Å². The molecule has 8 heteroatoms. The number of benzene rings is 1. The zero-order chi connectivity index (χ0) is 17.9. The van der Waals surface area contributed by atoms with E-state index in [1.807, 2.05) is 5.32 Å². The molecule has 24 heavy (non-hydrogen) atoms. The number of primary amides is 1. The summed E-state index contributed by atoms with van der Waals surface area (Å²) >= 11 is 5.95. The number of nitrogens with two attached hydrogens (primary N) is 1. The minimum atomic E-state index is -1.11. The first-order chi connectivity index (χ1) is 11.3. The minimum Gasteiger partial charge on any atom is -0.492 e. The van der Waals surface area contributed by atoms with Crippen LogP contribution in [0.15, 0.2) is 18.2 Å². The van der Waals surface area contributed by atoms with Crippen molar-refractivity contribution in [2.24, 2.45) is 17.6 Å². The number of fused-ring (bicyclic) bond motifs is 1. The number of carbonyl (C=O) groups excluding carboxylic acids is 3. The van der Waals surface area contributed by atoms with E-state index in [0.29, 0.717) is 17.2 Å². The van der Waals surface area contributed by atoms with Crippen molar-refractivity contribution in [1.82, 2.24) is 5.32 Å². The highest BCUT2D eigenvalue weighted by atomic mass is 35.5. The van der Waals surface area contributed by atoms with Crippen molar-refractivity contribution in [2.75, 3.05) is 6.61 Å². The molecule has 0 saturated carbocycles. The van der Waals surface area contributed by atoms with Crippen LogP contribution < -0.4 is 15.8 Å². The van der Waals surface area contributed by atoms with Crippen LogP contribution in [0.2, 0.25) is 5.02 Å². The summed E-state index contributed by atoms with van der Waals surface area (Å²) in [6.07, 6.45) is -0.706. The number of rotatable bonds is 4. The van der Waals surface area contributed by atoms with Crippen LogP contribution in [-0.2, 0) is 20.7 Å². The van der Waals surface area contributed by atoms with Crippen molar-refractivity contribution in [3.8, 4) is 5.75 Å². The molecule has 0 spiro atoms. The maximum absolute atomic E-state index is 12.4. The van der Waals surface area contributed by atoms with Crippen molar-refractivity contribution in [1.29, 1.82) is 0 Å². The van der Waals surface area contributed by atoms with Gasteiger partial charge in [0, 0.05) is 5.02 Å². The topological polar surface area (TPSA) is 108 Å². The first kappa shape index (κ1) is 18.1. The van der Waals surface area contributed by atoms with Gasteiger partial charge in [-0.3, -0.25) is 14.9 Å². The molecule has 7 nitrogen and oxygen atoms in total. The van der Waals surface area contributed by atoms with Crippen LogP contribution in [0.25, 0.3) is 0 Å². The lowest BCUT2D eigenvalue weighted by atomic mass is 9.96. The van der Waals surface area contributed by atoms with Crippen LogP contribution in [0.5, 0.6) is 5.75 Å². The molecule has 0 bridgehead atoms. The Morgan fingerprint density at radius 3 is 2.71 bits per heavy atom. The number of imide groups is 1. The first-order valence-electron chi connectivity index (χ1n) is 7.50. The van der Waals surface area contributed by atoms with Gasteiger partial charge in [-0.2, -0.15) is 0 Å². The molecular formula is C16H19ClN2O5. The predicted molar refractivity (Wildman–Crippen MR) is 86.6 cm³/mol. The zero-order valence-corrected chi connectivity index (χ0v) is 14.1. The molecule has 1 aliphatic rings. The fourth-order valence-corrected chi connectivity index (χ4v) is 2.62. The van der Waals surface area contributed by atoms with E-state index in [1.165, 1.54) is 0 Å². The highest BCUT2D eigenvalue weighted by Crippen LogP contribution is 2.30. The second kappa shape index (κ2) is 7.53. The molecule has 1 heterocycles. The molecule has 1 aliphatic heterocycles. The number of ether oxygens (including phenoxy) is 2. The van der Waals surface area contributed by atoms with Crippen molar-refractivity contribution >= 4 is 29.5 Å². The van der Waals surface area contributed by atoms with Crippen molar-refractivity contribution < 1.29 is 23.9 Å². The second-order valence-corrected chi connectivity index (χ2v) is 6.36. The van der Waals surface area contributed by atoms with Crippen molar-refractivity contribution in [3.05, 3.63) is 28.8 Å². The number of halogens is 1. The molecule has 0 aliphatic carbocycles. The Kier molecular flexibility index (Phi) is 5.66. The molecule has 0 radical (unpaired) electrons. The second-order valence-electron chi connectivity index (χ2n) is 5.92. The molecule has 1 aromatic rings. The summed E-state index contributed by atoms with van der Waals surface area (Å²) in [4.78, 5) is 35.1. The number of amides is 3. The first-order valence-corrected chi connectivity index (χ1v) is 7.87. The SMILES string of the molecule is CC(C)[C@H](OC(=O)[C@@H]1COc2ccc(Cl)cc2C1)C(=O)NC(N)=O. The van der Waals surface area contributed by atoms with Crippen LogP contribution in [-0.4, -0.2) is 30.6 Å². The number of nitrogens with one attached hydrogen (secondary N) is 1. The predicted octanol–water partition coefficient (Wildman–Crippen LogP) is 1.65. The third kappa shape index (κ3) is 4.38. The van der Waals surface area contributed by atoms with Gasteiger partial charge in [0.15, 0.2) is 6.10 Å². The van der Waals surface area contributed by atoms with Crippen LogP contribution in [0, 0.1) is 11.8 Å². The summed E-state index contributed by atoms with van der Waals surface area (Å²) in [6, 6.07) is 4.19. The normalized spacial score (nSPS) is 17.4. The number of urea groups is 1. The minimum absolute atomic E-state index is 0.149. The molecule has 3 N–H and O–H groups in total. The highest BCUT2D eigenvalue weighted by Gasteiger charge is 2.33. The third-order valence-corrected chi connectivity index (χ3v) is 3.85. The maximum Gasteiger partial charge on any atom is 0.318 e.